The third-order valence-corrected chi connectivity index (χ3v) is 6.51. The van der Waals surface area contributed by atoms with Crippen molar-refractivity contribution in [1.82, 2.24) is 15.0 Å². The predicted octanol–water partition coefficient (Wildman–Crippen LogP) is 7.92. The normalized spacial score (nSPS) is 11.6. The number of hydrogen-bond donors (Lipinski definition) is 3. The van der Waals surface area contributed by atoms with Crippen LogP contribution in [0.15, 0.2) is 67.0 Å². The summed E-state index contributed by atoms with van der Waals surface area (Å²) in [5.41, 5.74) is 5.82. The van der Waals surface area contributed by atoms with E-state index in [0.29, 0.717) is 29.0 Å². The second kappa shape index (κ2) is 11.3. The minimum atomic E-state index is -0.305. The fourth-order valence-electron chi connectivity index (χ4n) is 4.29. The molecule has 4 rings (SSSR count). The molecule has 0 unspecified atom stereocenters. The van der Waals surface area contributed by atoms with Gasteiger partial charge in [-0.3, -0.25) is 0 Å². The molecular weight excluding hydrogens is 500 g/mol. The summed E-state index contributed by atoms with van der Waals surface area (Å²) < 4.78 is 6.20. The van der Waals surface area contributed by atoms with Crippen molar-refractivity contribution in [3.8, 4) is 22.9 Å². The van der Waals surface area contributed by atoms with Crippen LogP contribution in [0.2, 0.25) is 0 Å². The second-order valence-corrected chi connectivity index (χ2v) is 11.8. The van der Waals surface area contributed by atoms with Crippen LogP contribution in [0.4, 0.5) is 22.1 Å². The Morgan fingerprint density at radius 3 is 2.30 bits per heavy atom. The SMILES string of the molecule is CNc1nccc(-c2cccnc2Oc2ccc(NC(=O)Nc3cc(C(C)(C)C)ccc3C(C)(C)C)cc2C)n1. The summed E-state index contributed by atoms with van der Waals surface area (Å²) >= 11 is 0. The van der Waals surface area contributed by atoms with Gasteiger partial charge in [0, 0.05) is 30.8 Å². The third kappa shape index (κ3) is 6.75. The molecule has 0 saturated carbocycles. The number of carbonyl (C=O) groups is 1. The highest BCUT2D eigenvalue weighted by molar-refractivity contribution is 6.00. The monoisotopic (exact) mass is 538 g/mol. The second-order valence-electron chi connectivity index (χ2n) is 11.8. The number of nitrogens with zero attached hydrogens (tertiary/aromatic N) is 3. The first-order chi connectivity index (χ1) is 18.8. The highest BCUT2D eigenvalue weighted by atomic mass is 16.5. The van der Waals surface area contributed by atoms with E-state index in [0.717, 1.165) is 27.9 Å². The van der Waals surface area contributed by atoms with E-state index < -0.39 is 0 Å². The summed E-state index contributed by atoms with van der Waals surface area (Å²) in [7, 11) is 1.77. The highest BCUT2D eigenvalue weighted by Gasteiger charge is 2.23. The Morgan fingerprint density at radius 2 is 1.62 bits per heavy atom. The number of urea groups is 1. The van der Waals surface area contributed by atoms with E-state index in [2.05, 4.69) is 90.6 Å². The van der Waals surface area contributed by atoms with E-state index >= 15 is 0 Å². The first-order valence-electron chi connectivity index (χ1n) is 13.3. The van der Waals surface area contributed by atoms with Gasteiger partial charge >= 0.3 is 6.03 Å². The maximum absolute atomic E-state index is 13.1. The molecule has 2 heterocycles. The minimum absolute atomic E-state index is 0.0353. The van der Waals surface area contributed by atoms with Crippen molar-refractivity contribution < 1.29 is 9.53 Å². The highest BCUT2D eigenvalue weighted by Crippen LogP contribution is 2.35. The van der Waals surface area contributed by atoms with E-state index in [1.807, 2.05) is 43.3 Å². The van der Waals surface area contributed by atoms with Gasteiger partial charge in [0.15, 0.2) is 0 Å². The lowest BCUT2D eigenvalue weighted by atomic mass is 9.81. The molecule has 3 N–H and O–H groups in total. The molecule has 8 nitrogen and oxygen atoms in total. The predicted molar refractivity (Wildman–Crippen MR) is 163 cm³/mol. The van der Waals surface area contributed by atoms with E-state index in [4.69, 9.17) is 4.74 Å². The van der Waals surface area contributed by atoms with Crippen LogP contribution in [0.25, 0.3) is 11.3 Å². The lowest BCUT2D eigenvalue weighted by Crippen LogP contribution is -2.24. The van der Waals surface area contributed by atoms with Gasteiger partial charge in [0.05, 0.1) is 11.3 Å². The largest absolute Gasteiger partial charge is 0.438 e. The van der Waals surface area contributed by atoms with E-state index in [-0.39, 0.29) is 16.9 Å². The summed E-state index contributed by atoms with van der Waals surface area (Å²) in [6.45, 7) is 14.8. The summed E-state index contributed by atoms with van der Waals surface area (Å²) in [4.78, 5) is 26.2. The number of pyridine rings is 1. The van der Waals surface area contributed by atoms with Gasteiger partial charge in [-0.25, -0.2) is 19.7 Å². The molecule has 0 aliphatic heterocycles. The van der Waals surface area contributed by atoms with Crippen molar-refractivity contribution in [2.24, 2.45) is 0 Å². The molecule has 2 aromatic carbocycles. The molecule has 0 saturated heterocycles. The zero-order valence-corrected chi connectivity index (χ0v) is 24.5. The zero-order valence-electron chi connectivity index (χ0n) is 24.5. The lowest BCUT2D eigenvalue weighted by Gasteiger charge is -2.27. The van der Waals surface area contributed by atoms with Gasteiger partial charge in [-0.15, -0.1) is 0 Å². The molecule has 0 radical (unpaired) electrons. The van der Waals surface area contributed by atoms with E-state index in [1.54, 1.807) is 19.4 Å². The Morgan fingerprint density at radius 1 is 0.850 bits per heavy atom. The zero-order chi connectivity index (χ0) is 29.1. The molecule has 2 amide bonds. The van der Waals surface area contributed by atoms with Crippen LogP contribution in [-0.2, 0) is 10.8 Å². The minimum Gasteiger partial charge on any atom is -0.438 e. The number of benzene rings is 2. The Bertz CT molecular complexity index is 1520. The lowest BCUT2D eigenvalue weighted by molar-refractivity contribution is 0.262. The average Bonchev–Trinajstić information content (AvgIpc) is 2.89. The fraction of sp³-hybridized carbons (Fsp3) is 0.312. The first-order valence-corrected chi connectivity index (χ1v) is 13.3. The number of nitrogens with one attached hydrogen (secondary N) is 3. The van der Waals surface area contributed by atoms with Gasteiger partial charge in [0.1, 0.15) is 5.75 Å². The Labute approximate surface area is 236 Å². The molecule has 40 heavy (non-hydrogen) atoms. The summed E-state index contributed by atoms with van der Waals surface area (Å²) in [6.07, 6.45) is 3.36. The molecule has 8 heteroatoms. The molecule has 2 aromatic heterocycles. The molecule has 0 fully saturated rings. The van der Waals surface area contributed by atoms with E-state index in [1.165, 1.54) is 0 Å². The van der Waals surface area contributed by atoms with Gasteiger partial charge in [-0.05, 0) is 76.9 Å². The van der Waals surface area contributed by atoms with Crippen LogP contribution in [-0.4, -0.2) is 28.0 Å². The maximum Gasteiger partial charge on any atom is 0.323 e. The fourth-order valence-corrected chi connectivity index (χ4v) is 4.29. The van der Waals surface area contributed by atoms with Gasteiger partial charge < -0.3 is 20.7 Å². The first kappa shape index (κ1) is 28.5. The summed E-state index contributed by atoms with van der Waals surface area (Å²) in [5.74, 6) is 1.57. The molecule has 4 aromatic rings. The average molecular weight is 539 g/mol. The molecule has 208 valence electrons. The van der Waals surface area contributed by atoms with Gasteiger partial charge in [-0.1, -0.05) is 53.7 Å². The number of anilines is 3. The van der Waals surface area contributed by atoms with Gasteiger partial charge in [0.25, 0.3) is 0 Å². The quantitative estimate of drug-likeness (QED) is 0.230. The number of hydrogen-bond acceptors (Lipinski definition) is 6. The van der Waals surface area contributed by atoms with Crippen molar-refractivity contribution in [3.05, 3.63) is 83.7 Å². The van der Waals surface area contributed by atoms with Crippen molar-refractivity contribution in [3.63, 3.8) is 0 Å². The molecule has 0 aliphatic rings. The van der Waals surface area contributed by atoms with Crippen LogP contribution in [0, 0.1) is 6.92 Å². The number of amides is 2. The number of aryl methyl sites for hydroxylation is 1. The molecule has 0 aliphatic carbocycles. The summed E-state index contributed by atoms with van der Waals surface area (Å²) in [5, 5.41) is 8.99. The van der Waals surface area contributed by atoms with Crippen molar-refractivity contribution in [2.75, 3.05) is 23.0 Å². The smallest absolute Gasteiger partial charge is 0.323 e. The van der Waals surface area contributed by atoms with Crippen LogP contribution >= 0.6 is 0 Å². The van der Waals surface area contributed by atoms with Crippen LogP contribution in [0.1, 0.15) is 58.2 Å². The number of ether oxygens (including phenoxy) is 1. The number of carbonyl (C=O) groups excluding carboxylic acids is 1. The topological polar surface area (TPSA) is 101 Å². The molecular formula is C32H38N6O2. The van der Waals surface area contributed by atoms with Gasteiger partial charge in [-0.2, -0.15) is 0 Å². The van der Waals surface area contributed by atoms with Gasteiger partial charge in [0.2, 0.25) is 11.8 Å². The Hall–Kier alpha value is -4.46. The molecule has 0 bridgehead atoms. The molecule has 0 spiro atoms. The number of rotatable bonds is 6. The Kier molecular flexibility index (Phi) is 8.09. The number of aromatic nitrogens is 3. The van der Waals surface area contributed by atoms with Crippen LogP contribution in [0.5, 0.6) is 11.6 Å². The standard InChI is InChI=1S/C32H38N6O2/c1-20-18-22(36-30(39)38-26-19-21(31(2,3)4)11-13-24(26)32(5,6)7)12-14-27(20)40-28-23(10-9-16-34-28)25-15-17-35-29(33-8)37-25/h9-19H,1-8H3,(H,33,35,37)(H2,36,38,39). The van der Waals surface area contributed by atoms with E-state index in [9.17, 15) is 4.79 Å². The van der Waals surface area contributed by atoms with Crippen molar-refractivity contribution in [1.29, 1.82) is 0 Å². The molecule has 0 atom stereocenters. The van der Waals surface area contributed by atoms with Crippen molar-refractivity contribution >= 4 is 23.4 Å². The Balaban J connectivity index is 1.53. The maximum atomic E-state index is 13.1. The van der Waals surface area contributed by atoms with Crippen LogP contribution in [0.3, 0.4) is 0 Å². The third-order valence-electron chi connectivity index (χ3n) is 6.51. The van der Waals surface area contributed by atoms with Crippen molar-refractivity contribution in [2.45, 2.75) is 59.3 Å². The van der Waals surface area contributed by atoms with Crippen LogP contribution < -0.4 is 20.7 Å². The summed E-state index contributed by atoms with van der Waals surface area (Å²) in [6, 6.07) is 17.1.